The molecule has 82 valence electrons. The summed E-state index contributed by atoms with van der Waals surface area (Å²) < 4.78 is 1.52. The van der Waals surface area contributed by atoms with Crippen molar-refractivity contribution in [2.24, 2.45) is 7.05 Å². The predicted molar refractivity (Wildman–Crippen MR) is 57.1 cm³/mol. The van der Waals surface area contributed by atoms with E-state index in [1.165, 1.54) is 23.1 Å². The molecule has 0 saturated heterocycles. The lowest BCUT2D eigenvalue weighted by Gasteiger charge is -2.03. The van der Waals surface area contributed by atoms with Gasteiger partial charge in [-0.1, -0.05) is 0 Å². The second-order valence-corrected chi connectivity index (χ2v) is 3.23. The summed E-state index contributed by atoms with van der Waals surface area (Å²) in [4.78, 5) is 15.5. The van der Waals surface area contributed by atoms with Crippen molar-refractivity contribution in [3.8, 4) is 5.75 Å². The van der Waals surface area contributed by atoms with Gasteiger partial charge in [-0.15, -0.1) is 0 Å². The fourth-order valence-corrected chi connectivity index (χ4v) is 1.21. The number of hydrogen-bond donors (Lipinski definition) is 2. The zero-order valence-electron chi connectivity index (χ0n) is 8.58. The quantitative estimate of drug-likeness (QED) is 0.780. The third-order valence-corrected chi connectivity index (χ3v) is 1.99. The number of carbonyl (C=O) groups is 1. The van der Waals surface area contributed by atoms with E-state index in [0.717, 1.165) is 0 Å². The Morgan fingerprint density at radius 1 is 1.56 bits per heavy atom. The first kappa shape index (κ1) is 10.2. The molecule has 0 unspecified atom stereocenters. The van der Waals surface area contributed by atoms with Crippen LogP contribution in [0.25, 0.3) is 0 Å². The molecule has 6 nitrogen and oxygen atoms in total. The van der Waals surface area contributed by atoms with E-state index >= 15 is 0 Å². The number of nitrogens with zero attached hydrogens (tertiary/aromatic N) is 3. The highest BCUT2D eigenvalue weighted by Crippen LogP contribution is 2.18. The summed E-state index contributed by atoms with van der Waals surface area (Å²) in [5.74, 6) is -0.293. The van der Waals surface area contributed by atoms with Crippen LogP contribution in [0.1, 0.15) is 10.4 Å². The van der Waals surface area contributed by atoms with Crippen LogP contribution in [0.2, 0.25) is 0 Å². The van der Waals surface area contributed by atoms with Crippen LogP contribution in [0.15, 0.2) is 30.7 Å². The average Bonchev–Trinajstić information content (AvgIpc) is 2.68. The Balaban J connectivity index is 2.17. The monoisotopic (exact) mass is 218 g/mol. The van der Waals surface area contributed by atoms with Crippen molar-refractivity contribution < 1.29 is 9.90 Å². The molecule has 0 bridgehead atoms. The van der Waals surface area contributed by atoms with Gasteiger partial charge in [-0.2, -0.15) is 5.10 Å². The largest absolute Gasteiger partial charge is 0.504 e. The predicted octanol–water partition coefficient (Wildman–Crippen LogP) is 0.773. The molecule has 2 N–H and O–H groups in total. The number of aryl methyl sites for hydroxylation is 1. The lowest BCUT2D eigenvalue weighted by atomic mass is 10.3. The van der Waals surface area contributed by atoms with E-state index in [-0.39, 0.29) is 17.5 Å². The van der Waals surface area contributed by atoms with E-state index in [9.17, 15) is 9.90 Å². The molecule has 0 aliphatic rings. The number of hydrogen-bond acceptors (Lipinski definition) is 4. The number of carbonyl (C=O) groups excluding carboxylic acids is 1. The van der Waals surface area contributed by atoms with Crippen molar-refractivity contribution in [1.29, 1.82) is 0 Å². The third kappa shape index (κ3) is 2.00. The fraction of sp³-hybridized carbons (Fsp3) is 0.100. The summed E-state index contributed by atoms with van der Waals surface area (Å²) in [5.41, 5.74) is 0.410. The Morgan fingerprint density at radius 3 is 3.00 bits per heavy atom. The zero-order chi connectivity index (χ0) is 11.5. The molecule has 1 amide bonds. The highest BCUT2D eigenvalue weighted by molar-refractivity contribution is 6.04. The van der Waals surface area contributed by atoms with Crippen LogP contribution >= 0.6 is 0 Å². The van der Waals surface area contributed by atoms with Gasteiger partial charge in [-0.25, -0.2) is 4.98 Å². The molecule has 0 aromatic carbocycles. The minimum Gasteiger partial charge on any atom is -0.504 e. The second kappa shape index (κ2) is 4.01. The minimum absolute atomic E-state index is 0.0697. The van der Waals surface area contributed by atoms with Crippen molar-refractivity contribution in [3.05, 3.63) is 36.3 Å². The van der Waals surface area contributed by atoms with Crippen LogP contribution in [0.5, 0.6) is 5.75 Å². The number of anilines is 1. The van der Waals surface area contributed by atoms with Gasteiger partial charge >= 0.3 is 0 Å². The van der Waals surface area contributed by atoms with Gasteiger partial charge in [0.2, 0.25) is 0 Å². The van der Waals surface area contributed by atoms with Gasteiger partial charge < -0.3 is 10.4 Å². The molecule has 0 aliphatic carbocycles. The van der Waals surface area contributed by atoms with Crippen molar-refractivity contribution >= 4 is 11.7 Å². The smallest absolute Gasteiger partial charge is 0.260 e. The summed E-state index contributed by atoms with van der Waals surface area (Å²) >= 11 is 0. The van der Waals surface area contributed by atoms with Crippen LogP contribution in [0, 0.1) is 0 Å². The topological polar surface area (TPSA) is 80.0 Å². The first-order valence-corrected chi connectivity index (χ1v) is 4.61. The van der Waals surface area contributed by atoms with Crippen molar-refractivity contribution in [2.45, 2.75) is 0 Å². The van der Waals surface area contributed by atoms with Gasteiger partial charge in [0.1, 0.15) is 0 Å². The van der Waals surface area contributed by atoms with E-state index in [1.54, 1.807) is 19.3 Å². The van der Waals surface area contributed by atoms with Crippen LogP contribution in [-0.2, 0) is 7.05 Å². The minimum atomic E-state index is -0.359. The van der Waals surface area contributed by atoms with Crippen molar-refractivity contribution in [1.82, 2.24) is 14.8 Å². The van der Waals surface area contributed by atoms with Crippen LogP contribution in [0.3, 0.4) is 0 Å². The summed E-state index contributed by atoms with van der Waals surface area (Å²) in [6, 6.07) is 3.03. The molecule has 2 aromatic rings. The molecule has 2 heterocycles. The molecule has 0 fully saturated rings. The normalized spacial score (nSPS) is 10.1. The SMILES string of the molecule is Cn1cc(C(=O)Nc2ncccc2O)cn1. The van der Waals surface area contributed by atoms with Gasteiger partial charge in [0.15, 0.2) is 11.6 Å². The Labute approximate surface area is 91.6 Å². The Kier molecular flexibility index (Phi) is 2.55. The number of pyridine rings is 1. The molecule has 2 rings (SSSR count). The van der Waals surface area contributed by atoms with Gasteiger partial charge in [-0.3, -0.25) is 9.48 Å². The molecular weight excluding hydrogens is 208 g/mol. The first-order valence-electron chi connectivity index (χ1n) is 4.61. The van der Waals surface area contributed by atoms with E-state index < -0.39 is 0 Å². The molecule has 0 spiro atoms. The summed E-state index contributed by atoms with van der Waals surface area (Å²) in [5, 5.41) is 15.8. The van der Waals surface area contributed by atoms with Gasteiger partial charge in [0, 0.05) is 19.4 Å². The van der Waals surface area contributed by atoms with Crippen molar-refractivity contribution in [2.75, 3.05) is 5.32 Å². The van der Waals surface area contributed by atoms with E-state index in [4.69, 9.17) is 0 Å². The van der Waals surface area contributed by atoms with Crippen molar-refractivity contribution in [3.63, 3.8) is 0 Å². The lowest BCUT2D eigenvalue weighted by molar-refractivity contribution is 0.102. The first-order chi connectivity index (χ1) is 7.66. The summed E-state index contributed by atoms with van der Waals surface area (Å²) in [6.45, 7) is 0. The second-order valence-electron chi connectivity index (χ2n) is 3.23. The number of aromatic nitrogens is 3. The number of rotatable bonds is 2. The fourth-order valence-electron chi connectivity index (χ4n) is 1.21. The standard InChI is InChI=1S/C10H10N4O2/c1-14-6-7(5-12-14)10(16)13-9-8(15)3-2-4-11-9/h2-6,15H,1H3,(H,11,13,16). The Morgan fingerprint density at radius 2 is 2.38 bits per heavy atom. The van der Waals surface area contributed by atoms with E-state index in [2.05, 4.69) is 15.4 Å². The third-order valence-electron chi connectivity index (χ3n) is 1.99. The molecule has 0 atom stereocenters. The number of nitrogens with one attached hydrogen (secondary N) is 1. The van der Waals surface area contributed by atoms with E-state index in [1.807, 2.05) is 0 Å². The zero-order valence-corrected chi connectivity index (χ0v) is 8.58. The Hall–Kier alpha value is -2.37. The molecule has 0 aliphatic heterocycles. The highest BCUT2D eigenvalue weighted by atomic mass is 16.3. The Bertz CT molecular complexity index is 521. The molecule has 16 heavy (non-hydrogen) atoms. The maximum absolute atomic E-state index is 11.7. The van der Waals surface area contributed by atoms with Gasteiger partial charge in [-0.05, 0) is 12.1 Å². The summed E-state index contributed by atoms with van der Waals surface area (Å²) in [6.07, 6.45) is 4.50. The van der Waals surface area contributed by atoms with Crippen LogP contribution in [0.4, 0.5) is 5.82 Å². The maximum atomic E-state index is 11.7. The van der Waals surface area contributed by atoms with Gasteiger partial charge in [0.05, 0.1) is 11.8 Å². The summed E-state index contributed by atoms with van der Waals surface area (Å²) in [7, 11) is 1.72. The lowest BCUT2D eigenvalue weighted by Crippen LogP contribution is -2.12. The van der Waals surface area contributed by atoms with E-state index in [0.29, 0.717) is 5.56 Å². The maximum Gasteiger partial charge on any atom is 0.260 e. The number of aromatic hydroxyl groups is 1. The molecule has 2 aromatic heterocycles. The van der Waals surface area contributed by atoms with Crippen LogP contribution in [-0.4, -0.2) is 25.8 Å². The number of amides is 1. The highest BCUT2D eigenvalue weighted by Gasteiger charge is 2.10. The molecular formula is C10H10N4O2. The molecule has 0 saturated carbocycles. The molecule has 6 heteroatoms. The van der Waals surface area contributed by atoms with Crippen LogP contribution < -0.4 is 5.32 Å². The van der Waals surface area contributed by atoms with Gasteiger partial charge in [0.25, 0.3) is 5.91 Å². The average molecular weight is 218 g/mol. The molecule has 0 radical (unpaired) electrons.